The third-order valence-corrected chi connectivity index (χ3v) is 3.97. The third-order valence-electron chi connectivity index (χ3n) is 2.72. The zero-order valence-corrected chi connectivity index (χ0v) is 12.3. The third kappa shape index (κ3) is 3.69. The molecule has 0 amide bonds. The van der Waals surface area contributed by atoms with Crippen LogP contribution < -0.4 is 0 Å². The first kappa shape index (κ1) is 15.7. The molecule has 0 aliphatic rings. The predicted molar refractivity (Wildman–Crippen MR) is 79.3 cm³/mol. The van der Waals surface area contributed by atoms with E-state index in [4.69, 9.17) is 9.84 Å². The highest BCUT2D eigenvalue weighted by molar-refractivity contribution is 7.99. The number of ether oxygens (including phenoxy) is 1. The highest BCUT2D eigenvalue weighted by atomic mass is 32.2. The molecule has 6 nitrogen and oxygen atoms in total. The number of hydrogen-bond acceptors (Lipinski definition) is 7. The van der Waals surface area contributed by atoms with Gasteiger partial charge in [-0.25, -0.2) is 4.79 Å². The van der Waals surface area contributed by atoms with Crippen LogP contribution in [-0.2, 0) is 4.74 Å². The number of benzene rings is 1. The van der Waals surface area contributed by atoms with Gasteiger partial charge >= 0.3 is 5.97 Å². The van der Waals surface area contributed by atoms with Crippen molar-refractivity contribution in [3.63, 3.8) is 0 Å². The molecule has 1 atom stereocenters. The second-order valence-electron chi connectivity index (χ2n) is 4.26. The number of nitrogens with zero attached hydrogens (tertiary/aromatic N) is 2. The maximum Gasteiger partial charge on any atom is 0.360 e. The molecule has 1 aromatic heterocycles. The van der Waals surface area contributed by atoms with Crippen molar-refractivity contribution in [1.29, 1.82) is 0 Å². The average molecular weight is 308 g/mol. The van der Waals surface area contributed by atoms with Gasteiger partial charge in [0.05, 0.1) is 29.7 Å². The number of esters is 1. The Hall–Kier alpha value is -1.70. The van der Waals surface area contributed by atoms with Crippen molar-refractivity contribution in [3.8, 4) is 0 Å². The van der Waals surface area contributed by atoms with Gasteiger partial charge in [0.25, 0.3) is 0 Å². The maximum atomic E-state index is 12.0. The van der Waals surface area contributed by atoms with E-state index < -0.39 is 12.1 Å². The highest BCUT2D eigenvalue weighted by Crippen LogP contribution is 2.30. The first-order valence-electron chi connectivity index (χ1n) is 6.51. The summed E-state index contributed by atoms with van der Waals surface area (Å²) in [6, 6.07) is 7.30. The Morgan fingerprint density at radius 1 is 1.38 bits per heavy atom. The Balaban J connectivity index is 2.44. The van der Waals surface area contributed by atoms with E-state index in [1.54, 1.807) is 13.0 Å². The lowest BCUT2D eigenvalue weighted by Gasteiger charge is -2.11. The molecule has 1 heterocycles. The first-order valence-corrected chi connectivity index (χ1v) is 7.50. The molecule has 0 aliphatic heterocycles. The largest absolute Gasteiger partial charge is 0.461 e. The molecule has 0 fully saturated rings. The zero-order valence-electron chi connectivity index (χ0n) is 11.5. The van der Waals surface area contributed by atoms with Crippen molar-refractivity contribution < 1.29 is 19.7 Å². The number of carbonyl (C=O) groups excluding carboxylic acids is 1. The van der Waals surface area contributed by atoms with Gasteiger partial charge in [0.1, 0.15) is 0 Å². The second-order valence-corrected chi connectivity index (χ2v) is 5.29. The van der Waals surface area contributed by atoms with Crippen molar-refractivity contribution in [2.75, 3.05) is 19.0 Å². The van der Waals surface area contributed by atoms with E-state index in [2.05, 4.69) is 10.2 Å². The molecule has 0 bridgehead atoms. The van der Waals surface area contributed by atoms with Crippen molar-refractivity contribution in [2.24, 2.45) is 0 Å². The molecule has 2 N–H and O–H groups in total. The van der Waals surface area contributed by atoms with E-state index >= 15 is 0 Å². The van der Waals surface area contributed by atoms with Crippen molar-refractivity contribution >= 4 is 28.6 Å². The minimum Gasteiger partial charge on any atom is -0.461 e. The lowest BCUT2D eigenvalue weighted by molar-refractivity contribution is 0.0514. The molecule has 112 valence electrons. The van der Waals surface area contributed by atoms with Crippen LogP contribution in [0.1, 0.15) is 17.4 Å². The standard InChI is InChI=1S/C14H16N2O4S/c1-2-20-14(19)12-13(21-8-9(18)7-17)10-5-3-4-6-11(10)15-16-12/h3-6,9,17-18H,2,7-8H2,1H3. The molecule has 7 heteroatoms. The van der Waals surface area contributed by atoms with Crippen LogP contribution in [0, 0.1) is 0 Å². The van der Waals surface area contributed by atoms with Crippen LogP contribution in [0.2, 0.25) is 0 Å². The summed E-state index contributed by atoms with van der Waals surface area (Å²) in [6.45, 7) is 1.63. The van der Waals surface area contributed by atoms with Gasteiger partial charge in [-0.2, -0.15) is 0 Å². The van der Waals surface area contributed by atoms with E-state index in [-0.39, 0.29) is 24.7 Å². The molecule has 1 unspecified atom stereocenters. The normalized spacial score (nSPS) is 12.3. The van der Waals surface area contributed by atoms with Crippen LogP contribution in [0.5, 0.6) is 0 Å². The van der Waals surface area contributed by atoms with E-state index in [9.17, 15) is 9.90 Å². The summed E-state index contributed by atoms with van der Waals surface area (Å²) >= 11 is 1.25. The van der Waals surface area contributed by atoms with Gasteiger partial charge in [-0.15, -0.1) is 22.0 Å². The molecule has 0 aliphatic carbocycles. The van der Waals surface area contributed by atoms with Crippen molar-refractivity contribution in [2.45, 2.75) is 17.9 Å². The molecule has 0 radical (unpaired) electrons. The smallest absolute Gasteiger partial charge is 0.360 e. The minimum absolute atomic E-state index is 0.130. The monoisotopic (exact) mass is 308 g/mol. The van der Waals surface area contributed by atoms with Gasteiger partial charge in [0.15, 0.2) is 5.69 Å². The molecule has 0 saturated carbocycles. The van der Waals surface area contributed by atoms with Crippen LogP contribution in [0.25, 0.3) is 10.9 Å². The number of thioether (sulfide) groups is 1. The topological polar surface area (TPSA) is 92.5 Å². The summed E-state index contributed by atoms with van der Waals surface area (Å²) < 4.78 is 4.98. The van der Waals surface area contributed by atoms with Crippen LogP contribution >= 0.6 is 11.8 Å². The average Bonchev–Trinajstić information content (AvgIpc) is 2.52. The molecule has 0 saturated heterocycles. The predicted octanol–water partition coefficient (Wildman–Crippen LogP) is 1.25. The Labute approximate surface area is 126 Å². The van der Waals surface area contributed by atoms with E-state index in [0.717, 1.165) is 5.39 Å². The summed E-state index contributed by atoms with van der Waals surface area (Å²) in [6.07, 6.45) is -0.864. The van der Waals surface area contributed by atoms with Crippen molar-refractivity contribution in [3.05, 3.63) is 30.0 Å². The van der Waals surface area contributed by atoms with Crippen LogP contribution in [0.4, 0.5) is 0 Å². The summed E-state index contributed by atoms with van der Waals surface area (Å²) in [5.74, 6) is -0.296. The number of aliphatic hydroxyl groups is 2. The number of aromatic nitrogens is 2. The van der Waals surface area contributed by atoms with Gasteiger partial charge in [-0.05, 0) is 13.0 Å². The number of hydrogen-bond donors (Lipinski definition) is 2. The van der Waals surface area contributed by atoms with E-state index in [1.165, 1.54) is 11.8 Å². The molecular weight excluding hydrogens is 292 g/mol. The minimum atomic E-state index is -0.864. The Morgan fingerprint density at radius 3 is 2.86 bits per heavy atom. The summed E-state index contributed by atoms with van der Waals surface area (Å²) in [5.41, 5.74) is 0.789. The fourth-order valence-electron chi connectivity index (χ4n) is 1.74. The molecule has 2 rings (SSSR count). The first-order chi connectivity index (χ1) is 10.2. The van der Waals surface area contributed by atoms with E-state index in [0.29, 0.717) is 10.4 Å². The Morgan fingerprint density at radius 2 is 2.14 bits per heavy atom. The van der Waals surface area contributed by atoms with Gasteiger partial charge < -0.3 is 14.9 Å². The van der Waals surface area contributed by atoms with Crippen LogP contribution in [-0.4, -0.2) is 51.5 Å². The lowest BCUT2D eigenvalue weighted by Crippen LogP contribution is -2.16. The van der Waals surface area contributed by atoms with Gasteiger partial charge in [-0.1, -0.05) is 18.2 Å². The second kappa shape index (κ2) is 7.35. The summed E-state index contributed by atoms with van der Waals surface area (Å²) in [4.78, 5) is 12.6. The quantitative estimate of drug-likeness (QED) is 0.613. The maximum absolute atomic E-state index is 12.0. The fourth-order valence-corrected chi connectivity index (χ4v) is 2.79. The lowest BCUT2D eigenvalue weighted by atomic mass is 10.2. The van der Waals surface area contributed by atoms with Crippen molar-refractivity contribution in [1.82, 2.24) is 10.2 Å². The Kier molecular flexibility index (Phi) is 5.49. The van der Waals surface area contributed by atoms with E-state index in [1.807, 2.05) is 18.2 Å². The summed E-state index contributed by atoms with van der Waals surface area (Å²) in [5, 5.41) is 27.1. The van der Waals surface area contributed by atoms with Gasteiger partial charge in [-0.3, -0.25) is 0 Å². The number of fused-ring (bicyclic) bond motifs is 1. The molecular formula is C14H16N2O4S. The zero-order chi connectivity index (χ0) is 15.2. The van der Waals surface area contributed by atoms with Gasteiger partial charge in [0.2, 0.25) is 0 Å². The number of carbonyl (C=O) groups is 1. The van der Waals surface area contributed by atoms with Crippen LogP contribution in [0.3, 0.4) is 0 Å². The fraction of sp³-hybridized carbons (Fsp3) is 0.357. The SMILES string of the molecule is CCOC(=O)c1nnc2ccccc2c1SCC(O)CO. The summed E-state index contributed by atoms with van der Waals surface area (Å²) in [7, 11) is 0. The Bertz CT molecular complexity index is 635. The molecule has 21 heavy (non-hydrogen) atoms. The number of aliphatic hydroxyl groups excluding tert-OH is 2. The highest BCUT2D eigenvalue weighted by Gasteiger charge is 2.19. The number of rotatable bonds is 6. The molecule has 2 aromatic rings. The van der Waals surface area contributed by atoms with Crippen LogP contribution in [0.15, 0.2) is 29.2 Å². The molecule has 1 aromatic carbocycles. The molecule has 0 spiro atoms. The van der Waals surface area contributed by atoms with Gasteiger partial charge in [0, 0.05) is 11.1 Å².